The highest BCUT2D eigenvalue weighted by molar-refractivity contribution is 5.29. The summed E-state index contributed by atoms with van der Waals surface area (Å²) in [5.74, 6) is 2.20. The van der Waals surface area contributed by atoms with Crippen LogP contribution in [-0.2, 0) is 14.2 Å². The Bertz CT molecular complexity index is 802. The number of rotatable bonds is 16. The molecule has 0 aliphatic rings. The Morgan fingerprint density at radius 3 is 1.32 bits per heavy atom. The molecule has 0 saturated heterocycles. The molecule has 0 spiro atoms. The van der Waals surface area contributed by atoms with E-state index in [9.17, 15) is 0 Å². The monoisotopic (exact) mass is 558 g/mol. The van der Waals surface area contributed by atoms with E-state index in [1.165, 1.54) is 23.1 Å². The van der Waals surface area contributed by atoms with Crippen molar-refractivity contribution in [2.45, 2.75) is 139 Å². The van der Waals surface area contributed by atoms with Crippen molar-refractivity contribution >= 4 is 0 Å². The summed E-state index contributed by atoms with van der Waals surface area (Å²) in [7, 11) is 0. The molecule has 0 amide bonds. The molecule has 4 heteroatoms. The zero-order valence-electron chi connectivity index (χ0n) is 27.8. The molecule has 4 nitrogen and oxygen atoms in total. The van der Waals surface area contributed by atoms with Crippen LogP contribution in [0.2, 0.25) is 0 Å². The van der Waals surface area contributed by atoms with E-state index < -0.39 is 0 Å². The Balaban J connectivity index is 0.000000589. The zero-order chi connectivity index (χ0) is 30.3. The van der Waals surface area contributed by atoms with Gasteiger partial charge in [0.2, 0.25) is 0 Å². The lowest BCUT2D eigenvalue weighted by molar-refractivity contribution is -0.0766. The van der Waals surface area contributed by atoms with Crippen LogP contribution in [0, 0.1) is 6.92 Å². The Morgan fingerprint density at radius 2 is 0.975 bits per heavy atom. The smallest absolute Gasteiger partial charge is 0.199 e. The van der Waals surface area contributed by atoms with Gasteiger partial charge in [-0.2, -0.15) is 0 Å². The quantitative estimate of drug-likeness (QED) is 0.152. The normalized spacial score (nSPS) is 13.1. The second kappa shape index (κ2) is 23.8. The van der Waals surface area contributed by atoms with Crippen LogP contribution in [0.1, 0.15) is 130 Å². The molecule has 0 radical (unpaired) electrons. The van der Waals surface area contributed by atoms with Gasteiger partial charge in [-0.15, -0.1) is 0 Å². The summed E-state index contributed by atoms with van der Waals surface area (Å²) in [6, 6.07) is 17.2. The average Bonchev–Trinajstić information content (AvgIpc) is 2.95. The van der Waals surface area contributed by atoms with Crippen molar-refractivity contribution in [3.8, 4) is 5.75 Å². The summed E-state index contributed by atoms with van der Waals surface area (Å²) < 4.78 is 22.0. The Hall–Kier alpha value is -1.88. The van der Waals surface area contributed by atoms with Crippen LogP contribution in [0.4, 0.5) is 0 Å². The molecule has 0 bridgehead atoms. The second-order valence-electron chi connectivity index (χ2n) is 11.1. The van der Waals surface area contributed by atoms with Gasteiger partial charge < -0.3 is 18.9 Å². The lowest BCUT2D eigenvalue weighted by atomic mass is 9.98. The predicted molar refractivity (Wildman–Crippen MR) is 173 cm³/mol. The molecule has 2 aromatic rings. The predicted octanol–water partition coefficient (Wildman–Crippen LogP) is 10.5. The zero-order valence-corrected chi connectivity index (χ0v) is 27.8. The van der Waals surface area contributed by atoms with Crippen LogP contribution < -0.4 is 4.74 Å². The molecule has 0 aromatic heterocycles. The fourth-order valence-electron chi connectivity index (χ4n) is 3.66. The third-order valence-electron chi connectivity index (χ3n) is 6.71. The van der Waals surface area contributed by atoms with E-state index in [1.54, 1.807) is 0 Å². The minimum atomic E-state index is -0.130. The van der Waals surface area contributed by atoms with Crippen molar-refractivity contribution < 1.29 is 18.9 Å². The molecule has 0 N–H and O–H groups in total. The van der Waals surface area contributed by atoms with Gasteiger partial charge in [-0.1, -0.05) is 76.6 Å². The van der Waals surface area contributed by atoms with E-state index in [4.69, 9.17) is 18.9 Å². The van der Waals surface area contributed by atoms with Gasteiger partial charge in [0.1, 0.15) is 5.75 Å². The number of hydrogen-bond acceptors (Lipinski definition) is 4. The van der Waals surface area contributed by atoms with Crippen LogP contribution in [0.25, 0.3) is 0 Å². The van der Waals surface area contributed by atoms with Gasteiger partial charge in [0.05, 0.1) is 12.2 Å². The second-order valence-corrected chi connectivity index (χ2v) is 11.1. The molecular weight excluding hydrogens is 496 g/mol. The summed E-state index contributed by atoms with van der Waals surface area (Å²) in [6.07, 6.45) is 6.04. The Labute approximate surface area is 248 Å². The van der Waals surface area contributed by atoms with E-state index in [0.717, 1.165) is 44.6 Å². The molecule has 2 aromatic carbocycles. The largest absolute Gasteiger partial charge is 0.465 e. The third-order valence-corrected chi connectivity index (χ3v) is 6.71. The number of benzene rings is 2. The highest BCUT2D eigenvalue weighted by Crippen LogP contribution is 2.22. The van der Waals surface area contributed by atoms with Gasteiger partial charge in [0.25, 0.3) is 0 Å². The molecule has 3 atom stereocenters. The molecule has 0 saturated carbocycles. The van der Waals surface area contributed by atoms with E-state index >= 15 is 0 Å². The van der Waals surface area contributed by atoms with E-state index in [-0.39, 0.29) is 6.29 Å². The van der Waals surface area contributed by atoms with Gasteiger partial charge in [-0.05, 0) is 102 Å². The van der Waals surface area contributed by atoms with Crippen molar-refractivity contribution in [3.63, 3.8) is 0 Å². The lowest BCUT2D eigenvalue weighted by Crippen LogP contribution is -2.19. The van der Waals surface area contributed by atoms with E-state index in [1.807, 2.05) is 19.1 Å². The highest BCUT2D eigenvalue weighted by atomic mass is 16.7. The Morgan fingerprint density at radius 1 is 0.550 bits per heavy atom. The van der Waals surface area contributed by atoms with Gasteiger partial charge in [-0.3, -0.25) is 0 Å². The van der Waals surface area contributed by atoms with Gasteiger partial charge in [-0.25, -0.2) is 0 Å². The minimum absolute atomic E-state index is 0.130. The van der Waals surface area contributed by atoms with Crippen LogP contribution in [-0.4, -0.2) is 38.3 Å². The summed E-state index contributed by atoms with van der Waals surface area (Å²) in [5.41, 5.74) is 4.17. The summed E-state index contributed by atoms with van der Waals surface area (Å²) >= 11 is 0. The molecule has 0 fully saturated rings. The van der Waals surface area contributed by atoms with E-state index in [0.29, 0.717) is 30.7 Å². The minimum Gasteiger partial charge on any atom is -0.465 e. The summed E-state index contributed by atoms with van der Waals surface area (Å²) in [5, 5.41) is 0. The first-order valence-electron chi connectivity index (χ1n) is 15.8. The number of aryl methyl sites for hydroxylation is 1. The molecule has 230 valence electrons. The maximum atomic E-state index is 5.75. The average molecular weight is 559 g/mol. The van der Waals surface area contributed by atoms with E-state index in [2.05, 4.69) is 106 Å². The first-order valence-corrected chi connectivity index (χ1v) is 15.8. The summed E-state index contributed by atoms with van der Waals surface area (Å²) in [4.78, 5) is 0. The van der Waals surface area contributed by atoms with Crippen LogP contribution in [0.3, 0.4) is 0 Å². The SMILES string of the molecule is CC(C)OCCCCOC(C)C.CCC(C)c1ccc(C)cc1.CCOC(CC)Oc1ccc(C(C)CC)cc1. The fraction of sp³-hybridized carbons (Fsp3) is 0.667. The molecule has 2 rings (SSSR count). The molecule has 0 aliphatic heterocycles. The van der Waals surface area contributed by atoms with Crippen molar-refractivity contribution in [3.05, 3.63) is 65.2 Å². The van der Waals surface area contributed by atoms with Gasteiger partial charge >= 0.3 is 0 Å². The molecular formula is C36H62O4. The first-order chi connectivity index (χ1) is 19.1. The fourth-order valence-corrected chi connectivity index (χ4v) is 3.66. The van der Waals surface area contributed by atoms with Crippen molar-refractivity contribution in [2.24, 2.45) is 0 Å². The van der Waals surface area contributed by atoms with Crippen LogP contribution >= 0.6 is 0 Å². The maximum absolute atomic E-state index is 5.75. The summed E-state index contributed by atoms with van der Waals surface area (Å²) in [6.45, 7) is 25.8. The topological polar surface area (TPSA) is 36.9 Å². The highest BCUT2D eigenvalue weighted by Gasteiger charge is 2.08. The lowest BCUT2D eigenvalue weighted by Gasteiger charge is -2.17. The van der Waals surface area contributed by atoms with Gasteiger partial charge in [0.15, 0.2) is 6.29 Å². The number of hydrogen-bond donors (Lipinski definition) is 0. The number of ether oxygens (including phenoxy) is 4. The molecule has 40 heavy (non-hydrogen) atoms. The van der Waals surface area contributed by atoms with Crippen molar-refractivity contribution in [1.29, 1.82) is 0 Å². The van der Waals surface area contributed by atoms with Crippen LogP contribution in [0.15, 0.2) is 48.5 Å². The third kappa shape index (κ3) is 19.2. The maximum Gasteiger partial charge on any atom is 0.199 e. The number of unbranched alkanes of at least 4 members (excludes halogenated alkanes) is 1. The van der Waals surface area contributed by atoms with Crippen LogP contribution in [0.5, 0.6) is 5.75 Å². The standard InChI is InChI=1S/C15H24O2.C11H16.C10H22O2/c1-5-12(4)13-8-10-14(11-9-13)17-15(6-2)16-7-3;1-4-10(3)11-7-5-9(2)6-8-11;1-9(2)11-7-5-6-8-12-10(3)4/h8-12,15H,5-7H2,1-4H3;5-8,10H,4H2,1-3H3;9-10H,5-8H2,1-4H3. The first kappa shape index (κ1) is 38.1. The van der Waals surface area contributed by atoms with Crippen molar-refractivity contribution in [1.82, 2.24) is 0 Å². The van der Waals surface area contributed by atoms with Crippen molar-refractivity contribution in [2.75, 3.05) is 19.8 Å². The Kier molecular flexibility index (Phi) is 22.7. The molecule has 0 aliphatic carbocycles. The molecule has 0 heterocycles. The van der Waals surface area contributed by atoms with Gasteiger partial charge in [0, 0.05) is 26.2 Å². The molecule has 3 unspecified atom stereocenters.